The number of benzene rings is 1. The highest BCUT2D eigenvalue weighted by Crippen LogP contribution is 2.18. The van der Waals surface area contributed by atoms with E-state index in [0.717, 1.165) is 11.3 Å². The van der Waals surface area contributed by atoms with Gasteiger partial charge < -0.3 is 15.2 Å². The highest BCUT2D eigenvalue weighted by atomic mass is 16.5. The van der Waals surface area contributed by atoms with E-state index >= 15 is 0 Å². The van der Waals surface area contributed by atoms with E-state index < -0.39 is 0 Å². The Bertz CT molecular complexity index is 377. The number of carbonyl (C=O) groups is 1. The fourth-order valence-electron chi connectivity index (χ4n) is 1.37. The van der Waals surface area contributed by atoms with Crippen molar-refractivity contribution in [2.45, 2.75) is 19.9 Å². The molecule has 0 heterocycles. The lowest BCUT2D eigenvalue weighted by Crippen LogP contribution is -2.34. The molecule has 1 amide bonds. The molecule has 0 aromatic heterocycles. The molecule has 0 saturated carbocycles. The maximum absolute atomic E-state index is 11.7. The van der Waals surface area contributed by atoms with Crippen LogP contribution in [-0.2, 0) is 0 Å². The van der Waals surface area contributed by atoms with Gasteiger partial charge in [0.05, 0.1) is 13.7 Å². The summed E-state index contributed by atoms with van der Waals surface area (Å²) in [6, 6.07) is 4.98. The summed E-state index contributed by atoms with van der Waals surface area (Å²) in [4.78, 5) is 11.7. The van der Waals surface area contributed by atoms with Crippen molar-refractivity contribution in [3.63, 3.8) is 0 Å². The van der Waals surface area contributed by atoms with Gasteiger partial charge in [-0.2, -0.15) is 0 Å². The number of aryl methyl sites for hydroxylation is 1. The van der Waals surface area contributed by atoms with Crippen LogP contribution in [0.2, 0.25) is 0 Å². The van der Waals surface area contributed by atoms with Gasteiger partial charge in [0.2, 0.25) is 0 Å². The zero-order valence-corrected chi connectivity index (χ0v) is 9.78. The molecule has 1 unspecified atom stereocenters. The lowest BCUT2D eigenvalue weighted by Gasteiger charge is -2.12. The van der Waals surface area contributed by atoms with Crippen molar-refractivity contribution in [1.29, 1.82) is 0 Å². The van der Waals surface area contributed by atoms with Crippen LogP contribution in [0.4, 0.5) is 0 Å². The van der Waals surface area contributed by atoms with Gasteiger partial charge in [-0.1, -0.05) is 0 Å². The van der Waals surface area contributed by atoms with Crippen LogP contribution in [0.15, 0.2) is 18.2 Å². The van der Waals surface area contributed by atoms with Gasteiger partial charge in [0.25, 0.3) is 5.91 Å². The van der Waals surface area contributed by atoms with Crippen LogP contribution in [-0.4, -0.2) is 30.8 Å². The van der Waals surface area contributed by atoms with Crippen LogP contribution in [0.1, 0.15) is 22.8 Å². The summed E-state index contributed by atoms with van der Waals surface area (Å²) in [5.74, 6) is 0.569. The van der Waals surface area contributed by atoms with Gasteiger partial charge >= 0.3 is 0 Å². The zero-order valence-electron chi connectivity index (χ0n) is 9.78. The normalized spacial score (nSPS) is 12.0. The lowest BCUT2D eigenvalue weighted by atomic mass is 10.1. The molecule has 1 aromatic rings. The second-order valence-corrected chi connectivity index (χ2v) is 3.74. The molecule has 4 heteroatoms. The number of aliphatic hydroxyl groups excluding tert-OH is 1. The maximum Gasteiger partial charge on any atom is 0.251 e. The maximum atomic E-state index is 11.7. The standard InChI is InChI=1S/C12H17NO3/c1-8-6-10(4-5-11(8)16-3)12(15)13-9(2)7-14/h4-6,9,14H,7H2,1-3H3,(H,13,15). The fraction of sp³-hybridized carbons (Fsp3) is 0.417. The molecule has 0 aliphatic carbocycles. The van der Waals surface area contributed by atoms with Gasteiger partial charge in [0.1, 0.15) is 5.75 Å². The second kappa shape index (κ2) is 5.51. The number of hydrogen-bond acceptors (Lipinski definition) is 3. The average molecular weight is 223 g/mol. The van der Waals surface area contributed by atoms with Gasteiger partial charge in [-0.25, -0.2) is 0 Å². The molecule has 0 aliphatic heterocycles. The second-order valence-electron chi connectivity index (χ2n) is 3.74. The number of carbonyl (C=O) groups excluding carboxylic acids is 1. The predicted molar refractivity (Wildman–Crippen MR) is 61.7 cm³/mol. The third kappa shape index (κ3) is 2.97. The van der Waals surface area contributed by atoms with Crippen LogP contribution in [0, 0.1) is 6.92 Å². The summed E-state index contributed by atoms with van der Waals surface area (Å²) in [5.41, 5.74) is 1.48. The van der Waals surface area contributed by atoms with Crippen LogP contribution in [0.3, 0.4) is 0 Å². The molecule has 2 N–H and O–H groups in total. The Balaban J connectivity index is 2.81. The van der Waals surface area contributed by atoms with E-state index in [1.807, 2.05) is 6.92 Å². The number of methoxy groups -OCH3 is 1. The van der Waals surface area contributed by atoms with E-state index in [9.17, 15) is 4.79 Å². The first-order valence-electron chi connectivity index (χ1n) is 5.15. The van der Waals surface area contributed by atoms with Gasteiger partial charge in [-0.05, 0) is 37.6 Å². The number of hydrogen-bond donors (Lipinski definition) is 2. The Morgan fingerprint density at radius 2 is 2.25 bits per heavy atom. The Labute approximate surface area is 95.2 Å². The molecule has 4 nitrogen and oxygen atoms in total. The lowest BCUT2D eigenvalue weighted by molar-refractivity contribution is 0.0922. The molecule has 0 fully saturated rings. The van der Waals surface area contributed by atoms with Crippen molar-refractivity contribution in [1.82, 2.24) is 5.32 Å². The largest absolute Gasteiger partial charge is 0.496 e. The molecule has 1 aromatic carbocycles. The van der Waals surface area contributed by atoms with Crippen LogP contribution in [0.25, 0.3) is 0 Å². The summed E-state index contributed by atoms with van der Waals surface area (Å²) >= 11 is 0. The molecular weight excluding hydrogens is 206 g/mol. The van der Waals surface area contributed by atoms with Gasteiger partial charge in [-0.15, -0.1) is 0 Å². The highest BCUT2D eigenvalue weighted by Gasteiger charge is 2.10. The van der Waals surface area contributed by atoms with E-state index in [1.165, 1.54) is 0 Å². The molecular formula is C12H17NO3. The summed E-state index contributed by atoms with van der Waals surface area (Å²) in [7, 11) is 1.59. The van der Waals surface area contributed by atoms with Crippen molar-refractivity contribution in [2.75, 3.05) is 13.7 Å². The first-order valence-corrected chi connectivity index (χ1v) is 5.15. The third-order valence-electron chi connectivity index (χ3n) is 2.31. The zero-order chi connectivity index (χ0) is 12.1. The smallest absolute Gasteiger partial charge is 0.251 e. The number of aliphatic hydroxyl groups is 1. The van der Waals surface area contributed by atoms with Crippen LogP contribution in [0.5, 0.6) is 5.75 Å². The summed E-state index contributed by atoms with van der Waals surface area (Å²) in [6.07, 6.45) is 0. The summed E-state index contributed by atoms with van der Waals surface area (Å²) in [6.45, 7) is 3.56. The van der Waals surface area contributed by atoms with E-state index in [2.05, 4.69) is 5.32 Å². The SMILES string of the molecule is COc1ccc(C(=O)NC(C)CO)cc1C. The predicted octanol–water partition coefficient (Wildman–Crippen LogP) is 1.11. The Hall–Kier alpha value is -1.55. The molecule has 0 bridgehead atoms. The van der Waals surface area contributed by atoms with Gasteiger partial charge in [0, 0.05) is 11.6 Å². The fourth-order valence-corrected chi connectivity index (χ4v) is 1.37. The van der Waals surface area contributed by atoms with Crippen molar-refractivity contribution >= 4 is 5.91 Å². The van der Waals surface area contributed by atoms with Crippen LogP contribution >= 0.6 is 0 Å². The van der Waals surface area contributed by atoms with Crippen LogP contribution < -0.4 is 10.1 Å². The van der Waals surface area contributed by atoms with Crippen molar-refractivity contribution < 1.29 is 14.6 Å². The Morgan fingerprint density at radius 3 is 2.75 bits per heavy atom. The minimum absolute atomic E-state index is 0.0686. The van der Waals surface area contributed by atoms with Gasteiger partial charge in [0.15, 0.2) is 0 Å². The van der Waals surface area contributed by atoms with Crippen molar-refractivity contribution in [2.24, 2.45) is 0 Å². The third-order valence-corrected chi connectivity index (χ3v) is 2.31. The van der Waals surface area contributed by atoms with Crippen molar-refractivity contribution in [3.05, 3.63) is 29.3 Å². The van der Waals surface area contributed by atoms with E-state index in [1.54, 1.807) is 32.2 Å². The first-order chi connectivity index (χ1) is 7.58. The minimum atomic E-state index is -0.241. The number of nitrogens with one attached hydrogen (secondary N) is 1. The summed E-state index contributed by atoms with van der Waals surface area (Å²) < 4.78 is 5.11. The molecule has 0 saturated heterocycles. The number of ether oxygens (including phenoxy) is 1. The molecule has 88 valence electrons. The quantitative estimate of drug-likeness (QED) is 0.804. The molecule has 0 spiro atoms. The monoisotopic (exact) mass is 223 g/mol. The Morgan fingerprint density at radius 1 is 1.56 bits per heavy atom. The minimum Gasteiger partial charge on any atom is -0.496 e. The summed E-state index contributed by atoms with van der Waals surface area (Å²) in [5, 5.41) is 11.5. The first kappa shape index (κ1) is 12.5. The molecule has 0 aliphatic rings. The highest BCUT2D eigenvalue weighted by molar-refractivity contribution is 5.94. The van der Waals surface area contributed by atoms with E-state index in [4.69, 9.17) is 9.84 Å². The number of amides is 1. The topological polar surface area (TPSA) is 58.6 Å². The average Bonchev–Trinajstić information content (AvgIpc) is 2.28. The Kier molecular flexibility index (Phi) is 4.31. The molecule has 0 radical (unpaired) electrons. The van der Waals surface area contributed by atoms with Crippen molar-refractivity contribution in [3.8, 4) is 5.75 Å². The van der Waals surface area contributed by atoms with E-state index in [-0.39, 0.29) is 18.6 Å². The molecule has 1 atom stereocenters. The number of rotatable bonds is 4. The van der Waals surface area contributed by atoms with E-state index in [0.29, 0.717) is 5.56 Å². The van der Waals surface area contributed by atoms with Gasteiger partial charge in [-0.3, -0.25) is 4.79 Å². The molecule has 1 rings (SSSR count). The molecule has 16 heavy (non-hydrogen) atoms.